The summed E-state index contributed by atoms with van der Waals surface area (Å²) in [7, 11) is 0. The minimum Gasteiger partial charge on any atom is -0.480 e. The number of aromatic nitrogens is 3. The van der Waals surface area contributed by atoms with E-state index >= 15 is 9.59 Å². The predicted octanol–water partition coefficient (Wildman–Crippen LogP) is 4.58. The summed E-state index contributed by atoms with van der Waals surface area (Å²) in [6.45, 7) is 9.54. The Labute approximate surface area is 539 Å². The van der Waals surface area contributed by atoms with E-state index in [0.29, 0.717) is 36.1 Å². The molecule has 15 N–H and O–H groups in total. The molecule has 23 nitrogen and oxygen atoms in total. The van der Waals surface area contributed by atoms with Gasteiger partial charge in [0, 0.05) is 70.6 Å². The van der Waals surface area contributed by atoms with Crippen LogP contribution in [-0.4, -0.2) is 151 Å². The molecule has 0 aliphatic heterocycles. The number of hydrogen-bond donors (Lipinski definition) is 14. The number of benzene rings is 4. The van der Waals surface area contributed by atoms with Crippen molar-refractivity contribution in [2.24, 2.45) is 23.5 Å². The second kappa shape index (κ2) is 33.9. The number of nitrogens with one attached hydrogen (secondary N) is 11. The molecule has 4 aromatic carbocycles. The van der Waals surface area contributed by atoms with Crippen molar-refractivity contribution in [3.05, 3.63) is 144 Å². The molecule has 0 saturated carbocycles. The number of thioether (sulfide) groups is 1. The van der Waals surface area contributed by atoms with E-state index in [1.54, 1.807) is 83.5 Å². The zero-order chi connectivity index (χ0) is 66.6. The SMILES string of the molecule is CC[C@H](C)[C@H](NC(=O)[C@H](CO)NC(=O)[C@@H](NC(=O)[C@@H](NC(=O)[C@H](Cc1ccccc1)NC(=O)[C@H](Cc1c[nH]c2ccccc12)NC(=O)[C@H](CCSC)NC(=O)[C@H](Cc1c[nH]c2ccccc12)NC(=O)[C@@H](N)Cc1c[nH]c2ccccc12)[C@@H](C)CC)[C@@H](C)CC)C(=O)O. The summed E-state index contributed by atoms with van der Waals surface area (Å²) in [4.78, 5) is 138. The number of carbonyl (C=O) groups excluding carboxylic acids is 8. The minimum atomic E-state index is -1.57. The summed E-state index contributed by atoms with van der Waals surface area (Å²) < 4.78 is 0. The standard InChI is InChI=1S/C68H88N12O11S/c1-8-38(4)57(66(88)77-56(37-81)65(87)80-59(68(90)91)40(6)10-3)79-67(89)58(39(5)9-2)78-64(86)53(30-41-20-12-11-13-21-41)75-63(85)55(33-44-36-72-51-27-19-16-24-47(44)51)76-61(83)52(28-29-92-7)73-62(84)54(32-43-35-71-50-26-18-15-23-46(43)50)74-60(82)48(69)31-42-34-70-49-25-17-14-22-45(42)49/h11-27,34-36,38-40,48,52-59,70-72,81H,8-10,28-33,37,69H2,1-7H3,(H,73,84)(H,74,82)(H,75,85)(H,76,83)(H,77,88)(H,78,86)(H,79,89)(H,80,87)(H,90,91)/t38-,39-,40-,48-,52-,53-,54-,55-,56-,57-,58-,59-/m0/s1. The quantitative estimate of drug-likeness (QED) is 0.0259. The van der Waals surface area contributed by atoms with E-state index in [-0.39, 0.29) is 32.1 Å². The number of para-hydroxylation sites is 3. The van der Waals surface area contributed by atoms with Gasteiger partial charge in [-0.1, -0.05) is 146 Å². The molecule has 0 bridgehead atoms. The molecule has 3 aromatic heterocycles. The molecule has 3 heterocycles. The topological polar surface area (TPSA) is 364 Å². The second-order valence-electron chi connectivity index (χ2n) is 23.7. The van der Waals surface area contributed by atoms with E-state index in [1.807, 2.05) is 86.0 Å². The summed E-state index contributed by atoms with van der Waals surface area (Å²) in [6.07, 6.45) is 8.40. The molecule has 92 heavy (non-hydrogen) atoms. The highest BCUT2D eigenvalue weighted by Gasteiger charge is 2.38. The third kappa shape index (κ3) is 18.6. The van der Waals surface area contributed by atoms with Crippen LogP contribution in [0.2, 0.25) is 0 Å². The smallest absolute Gasteiger partial charge is 0.326 e. The van der Waals surface area contributed by atoms with Crippen molar-refractivity contribution in [3.8, 4) is 0 Å². The molecule has 7 rings (SSSR count). The van der Waals surface area contributed by atoms with Crippen molar-refractivity contribution in [1.82, 2.24) is 57.5 Å². The van der Waals surface area contributed by atoms with Crippen LogP contribution in [0.3, 0.4) is 0 Å². The van der Waals surface area contributed by atoms with Crippen LogP contribution in [0.25, 0.3) is 32.7 Å². The third-order valence-corrected chi connectivity index (χ3v) is 17.9. The summed E-state index contributed by atoms with van der Waals surface area (Å²) in [5.41, 5.74) is 11.9. The number of fused-ring (bicyclic) bond motifs is 3. The first-order valence-corrected chi connectivity index (χ1v) is 32.8. The Bertz CT molecular complexity index is 3660. The van der Waals surface area contributed by atoms with Crippen LogP contribution < -0.4 is 48.3 Å². The molecule has 492 valence electrons. The highest BCUT2D eigenvalue weighted by Crippen LogP contribution is 2.24. The number of amides is 8. The number of aliphatic hydroxyl groups is 1. The number of carbonyl (C=O) groups is 9. The van der Waals surface area contributed by atoms with E-state index in [2.05, 4.69) is 57.5 Å². The first-order valence-electron chi connectivity index (χ1n) is 31.4. The van der Waals surface area contributed by atoms with Crippen LogP contribution in [0.5, 0.6) is 0 Å². The number of aliphatic hydroxyl groups excluding tert-OH is 1. The molecule has 12 atom stereocenters. The monoisotopic (exact) mass is 1280 g/mol. The van der Waals surface area contributed by atoms with Crippen LogP contribution in [0.1, 0.15) is 89.5 Å². The van der Waals surface area contributed by atoms with Crippen molar-refractivity contribution in [2.75, 3.05) is 18.6 Å². The zero-order valence-corrected chi connectivity index (χ0v) is 53.9. The van der Waals surface area contributed by atoms with E-state index in [9.17, 15) is 43.8 Å². The van der Waals surface area contributed by atoms with Crippen molar-refractivity contribution in [1.29, 1.82) is 0 Å². The van der Waals surface area contributed by atoms with Crippen LogP contribution in [0.4, 0.5) is 0 Å². The molecule has 0 aliphatic carbocycles. The first kappa shape index (κ1) is 70.5. The molecule has 8 amide bonds. The Morgan fingerprint density at radius 2 is 0.783 bits per heavy atom. The molecule has 7 aromatic rings. The Balaban J connectivity index is 1.15. The van der Waals surface area contributed by atoms with Gasteiger partial charge >= 0.3 is 5.97 Å². The van der Waals surface area contributed by atoms with Gasteiger partial charge in [-0.15, -0.1) is 0 Å². The second-order valence-corrected chi connectivity index (χ2v) is 24.7. The highest BCUT2D eigenvalue weighted by molar-refractivity contribution is 7.98. The molecule has 0 radical (unpaired) electrons. The fourth-order valence-corrected chi connectivity index (χ4v) is 11.5. The maximum atomic E-state index is 15.2. The lowest BCUT2D eigenvalue weighted by molar-refractivity contribution is -0.144. The van der Waals surface area contributed by atoms with Gasteiger partial charge in [0.15, 0.2) is 0 Å². The lowest BCUT2D eigenvalue weighted by Crippen LogP contribution is -2.62. The van der Waals surface area contributed by atoms with Gasteiger partial charge in [-0.25, -0.2) is 4.79 Å². The molecular formula is C68H88N12O11S. The first-order chi connectivity index (χ1) is 44.2. The van der Waals surface area contributed by atoms with Gasteiger partial charge in [0.1, 0.15) is 48.3 Å². The highest BCUT2D eigenvalue weighted by atomic mass is 32.2. The van der Waals surface area contributed by atoms with Crippen molar-refractivity contribution < 1.29 is 53.4 Å². The number of H-pyrrole nitrogens is 3. The van der Waals surface area contributed by atoms with Crippen molar-refractivity contribution >= 4 is 97.7 Å². The summed E-state index contributed by atoms with van der Waals surface area (Å²) in [5.74, 6) is -8.56. The van der Waals surface area contributed by atoms with Crippen LogP contribution in [-0.2, 0) is 68.8 Å². The number of carboxylic acids is 1. The van der Waals surface area contributed by atoms with E-state index in [0.717, 1.165) is 43.8 Å². The molecule has 0 aliphatic rings. The predicted molar refractivity (Wildman–Crippen MR) is 356 cm³/mol. The van der Waals surface area contributed by atoms with Crippen LogP contribution in [0.15, 0.2) is 122 Å². The van der Waals surface area contributed by atoms with Crippen LogP contribution >= 0.6 is 11.8 Å². The number of nitrogens with two attached hydrogens (primary N) is 1. The number of aliphatic carboxylic acids is 1. The van der Waals surface area contributed by atoms with Crippen LogP contribution in [0, 0.1) is 17.8 Å². The normalized spacial score (nSPS) is 15.4. The molecule has 24 heteroatoms. The lowest BCUT2D eigenvalue weighted by atomic mass is 9.94. The Kier molecular flexibility index (Phi) is 26.0. The number of carboxylic acid groups (broad SMARTS) is 1. The van der Waals surface area contributed by atoms with Gasteiger partial charge in [-0.3, -0.25) is 38.4 Å². The van der Waals surface area contributed by atoms with Crippen molar-refractivity contribution in [2.45, 2.75) is 147 Å². The average molecular weight is 1280 g/mol. The number of rotatable bonds is 35. The van der Waals surface area contributed by atoms with Gasteiger partial charge in [-0.05, 0) is 83.1 Å². The maximum Gasteiger partial charge on any atom is 0.326 e. The zero-order valence-electron chi connectivity index (χ0n) is 53.1. The van der Waals surface area contributed by atoms with E-state index in [4.69, 9.17) is 5.73 Å². The van der Waals surface area contributed by atoms with Gasteiger partial charge < -0.3 is 73.4 Å². The largest absolute Gasteiger partial charge is 0.480 e. The third-order valence-electron chi connectivity index (χ3n) is 17.3. The number of aromatic amines is 3. The lowest BCUT2D eigenvalue weighted by Gasteiger charge is -2.31. The summed E-state index contributed by atoms with van der Waals surface area (Å²) in [6, 6.07) is 19.6. The Morgan fingerprint density at radius 1 is 0.435 bits per heavy atom. The molecule has 0 spiro atoms. The Hall–Kier alpha value is -9.00. The summed E-state index contributed by atoms with van der Waals surface area (Å²) >= 11 is 1.43. The fraction of sp³-hybridized carbons (Fsp3) is 0.426. The van der Waals surface area contributed by atoms with Crippen molar-refractivity contribution in [3.63, 3.8) is 0 Å². The van der Waals surface area contributed by atoms with E-state index < -0.39 is 132 Å². The maximum absolute atomic E-state index is 15.2. The molecule has 0 saturated heterocycles. The van der Waals surface area contributed by atoms with Gasteiger partial charge in [0.2, 0.25) is 47.3 Å². The van der Waals surface area contributed by atoms with Gasteiger partial charge in [-0.2, -0.15) is 11.8 Å². The average Bonchev–Trinajstić information content (AvgIpc) is 1.64. The fourth-order valence-electron chi connectivity index (χ4n) is 11.0. The summed E-state index contributed by atoms with van der Waals surface area (Å²) in [5, 5.41) is 44.7. The van der Waals surface area contributed by atoms with Gasteiger partial charge in [0.05, 0.1) is 12.6 Å². The molecular weight excluding hydrogens is 1190 g/mol. The molecule has 0 unspecified atom stereocenters. The van der Waals surface area contributed by atoms with E-state index in [1.165, 1.54) is 11.8 Å². The minimum absolute atomic E-state index is 0.0177. The molecule has 0 fully saturated rings. The Morgan fingerprint density at radius 3 is 1.24 bits per heavy atom. The number of hydrogen-bond acceptors (Lipinski definition) is 12. The van der Waals surface area contributed by atoms with Gasteiger partial charge in [0.25, 0.3) is 0 Å².